The van der Waals surface area contributed by atoms with Crippen molar-refractivity contribution in [2.45, 2.75) is 39.3 Å². The first kappa shape index (κ1) is 13.5. The smallest absolute Gasteiger partial charge is 0.304 e. The number of carboxylic acid groups (broad SMARTS) is 1. The zero-order valence-electron chi connectivity index (χ0n) is 10.8. The molecule has 0 radical (unpaired) electrons. The Bertz CT molecular complexity index is 243. The molecule has 0 aromatic heterocycles. The van der Waals surface area contributed by atoms with Gasteiger partial charge >= 0.3 is 5.97 Å². The molecule has 0 aromatic carbocycles. The Morgan fingerprint density at radius 1 is 1.44 bits per heavy atom. The Labute approximate surface area is 98.2 Å². The minimum Gasteiger partial charge on any atom is -0.481 e. The Morgan fingerprint density at radius 2 is 2.06 bits per heavy atom. The molecule has 1 rings (SSSR count). The van der Waals surface area contributed by atoms with Crippen LogP contribution in [0.25, 0.3) is 0 Å². The van der Waals surface area contributed by atoms with Crippen molar-refractivity contribution in [3.05, 3.63) is 0 Å². The Hall–Kier alpha value is -0.610. The first-order chi connectivity index (χ1) is 7.40. The van der Waals surface area contributed by atoms with Gasteiger partial charge in [0.25, 0.3) is 0 Å². The first-order valence-electron chi connectivity index (χ1n) is 6.06. The summed E-state index contributed by atoms with van der Waals surface area (Å²) in [5.74, 6) is -0.0588. The van der Waals surface area contributed by atoms with E-state index in [1.54, 1.807) is 0 Å². The fourth-order valence-corrected chi connectivity index (χ4v) is 2.44. The number of hydrogen-bond donors (Lipinski definition) is 1. The predicted octanol–water partition coefficient (Wildman–Crippen LogP) is 1.12. The molecular formula is C12H24N2O2. The first-order valence-corrected chi connectivity index (χ1v) is 6.06. The normalized spacial score (nSPS) is 28.6. The van der Waals surface area contributed by atoms with Gasteiger partial charge in [-0.1, -0.05) is 13.8 Å². The Kier molecular flexibility index (Phi) is 4.74. The van der Waals surface area contributed by atoms with E-state index in [-0.39, 0.29) is 12.5 Å². The maximum Gasteiger partial charge on any atom is 0.304 e. The Balaban J connectivity index is 2.57. The third-order valence-electron chi connectivity index (χ3n) is 3.30. The van der Waals surface area contributed by atoms with Gasteiger partial charge < -0.3 is 5.11 Å². The minimum atomic E-state index is -0.699. The second-order valence-corrected chi connectivity index (χ2v) is 5.38. The van der Waals surface area contributed by atoms with Crippen molar-refractivity contribution < 1.29 is 9.90 Å². The highest BCUT2D eigenvalue weighted by molar-refractivity contribution is 5.67. The van der Waals surface area contributed by atoms with Gasteiger partial charge in [0, 0.05) is 31.7 Å². The van der Waals surface area contributed by atoms with E-state index >= 15 is 0 Å². The molecule has 1 saturated heterocycles. The number of hydrogen-bond acceptors (Lipinski definition) is 3. The van der Waals surface area contributed by atoms with Crippen LogP contribution in [0.3, 0.4) is 0 Å². The number of piperazine rings is 1. The monoisotopic (exact) mass is 228 g/mol. The van der Waals surface area contributed by atoms with Gasteiger partial charge in [0.2, 0.25) is 0 Å². The molecule has 94 valence electrons. The van der Waals surface area contributed by atoms with Crippen LogP contribution in [0.5, 0.6) is 0 Å². The molecule has 1 heterocycles. The van der Waals surface area contributed by atoms with Crippen LogP contribution in [0.4, 0.5) is 0 Å². The standard InChI is InChI=1S/C12H24N2O2/c1-9(2)6-14-7-10(3)13(4)11(8-14)5-12(15)16/h9-11H,5-8H2,1-4H3,(H,15,16). The molecule has 2 atom stereocenters. The quantitative estimate of drug-likeness (QED) is 0.783. The molecule has 0 spiro atoms. The van der Waals surface area contributed by atoms with E-state index in [9.17, 15) is 4.79 Å². The second-order valence-electron chi connectivity index (χ2n) is 5.38. The zero-order chi connectivity index (χ0) is 12.3. The maximum atomic E-state index is 10.8. The summed E-state index contributed by atoms with van der Waals surface area (Å²) in [7, 11) is 2.03. The summed E-state index contributed by atoms with van der Waals surface area (Å²) in [5.41, 5.74) is 0. The fraction of sp³-hybridized carbons (Fsp3) is 0.917. The van der Waals surface area contributed by atoms with E-state index in [1.807, 2.05) is 7.05 Å². The van der Waals surface area contributed by atoms with Gasteiger partial charge in [0.1, 0.15) is 0 Å². The SMILES string of the molecule is CC(C)CN1CC(C)N(C)C(CC(=O)O)C1. The summed E-state index contributed by atoms with van der Waals surface area (Å²) >= 11 is 0. The molecule has 0 bridgehead atoms. The van der Waals surface area contributed by atoms with E-state index in [0.717, 1.165) is 19.6 Å². The molecule has 0 amide bonds. The summed E-state index contributed by atoms with van der Waals surface area (Å²) in [6.45, 7) is 9.57. The molecule has 1 N–H and O–H groups in total. The van der Waals surface area contributed by atoms with Gasteiger partial charge in [0.05, 0.1) is 6.42 Å². The lowest BCUT2D eigenvalue weighted by Gasteiger charge is -2.44. The highest BCUT2D eigenvalue weighted by Crippen LogP contribution is 2.17. The molecule has 1 aliphatic heterocycles. The Morgan fingerprint density at radius 3 is 2.56 bits per heavy atom. The highest BCUT2D eigenvalue weighted by Gasteiger charge is 2.30. The maximum absolute atomic E-state index is 10.8. The predicted molar refractivity (Wildman–Crippen MR) is 64.5 cm³/mol. The van der Waals surface area contributed by atoms with Gasteiger partial charge in [0.15, 0.2) is 0 Å². The number of likely N-dealkylation sites (N-methyl/N-ethyl adjacent to an activating group) is 1. The van der Waals surface area contributed by atoms with Crippen LogP contribution < -0.4 is 0 Å². The molecule has 16 heavy (non-hydrogen) atoms. The largest absolute Gasteiger partial charge is 0.481 e. The lowest BCUT2D eigenvalue weighted by Crippen LogP contribution is -2.57. The molecule has 4 nitrogen and oxygen atoms in total. The third-order valence-corrected chi connectivity index (χ3v) is 3.30. The molecule has 0 aromatic rings. The summed E-state index contributed by atoms with van der Waals surface area (Å²) in [6, 6.07) is 0.594. The number of aliphatic carboxylic acids is 1. The number of nitrogens with zero attached hydrogens (tertiary/aromatic N) is 2. The van der Waals surface area contributed by atoms with Crippen LogP contribution in [0, 0.1) is 5.92 Å². The lowest BCUT2D eigenvalue weighted by molar-refractivity contribution is -0.139. The van der Waals surface area contributed by atoms with Crippen molar-refractivity contribution >= 4 is 5.97 Å². The topological polar surface area (TPSA) is 43.8 Å². The van der Waals surface area contributed by atoms with Crippen LogP contribution in [-0.4, -0.2) is 59.6 Å². The fourth-order valence-electron chi connectivity index (χ4n) is 2.44. The molecule has 4 heteroatoms. The van der Waals surface area contributed by atoms with E-state index in [1.165, 1.54) is 0 Å². The third kappa shape index (κ3) is 3.76. The molecule has 0 aliphatic carbocycles. The summed E-state index contributed by atoms with van der Waals surface area (Å²) < 4.78 is 0. The number of carbonyl (C=O) groups is 1. The number of carboxylic acids is 1. The van der Waals surface area contributed by atoms with Crippen LogP contribution in [0.15, 0.2) is 0 Å². The van der Waals surface area contributed by atoms with Crippen LogP contribution >= 0.6 is 0 Å². The number of rotatable bonds is 4. The van der Waals surface area contributed by atoms with Crippen molar-refractivity contribution in [3.8, 4) is 0 Å². The van der Waals surface area contributed by atoms with E-state index < -0.39 is 5.97 Å². The average molecular weight is 228 g/mol. The summed E-state index contributed by atoms with van der Waals surface area (Å²) in [6.07, 6.45) is 0.245. The molecule has 1 aliphatic rings. The van der Waals surface area contributed by atoms with Gasteiger partial charge in [-0.2, -0.15) is 0 Å². The molecular weight excluding hydrogens is 204 g/mol. The van der Waals surface area contributed by atoms with Crippen LogP contribution in [0.1, 0.15) is 27.2 Å². The summed E-state index contributed by atoms with van der Waals surface area (Å²) in [5, 5.41) is 8.89. The van der Waals surface area contributed by atoms with E-state index in [4.69, 9.17) is 5.11 Å². The second kappa shape index (κ2) is 5.64. The lowest BCUT2D eigenvalue weighted by atomic mass is 10.0. The van der Waals surface area contributed by atoms with Crippen molar-refractivity contribution in [2.75, 3.05) is 26.7 Å². The molecule has 1 fully saturated rings. The van der Waals surface area contributed by atoms with Gasteiger partial charge in [-0.3, -0.25) is 14.6 Å². The van der Waals surface area contributed by atoms with E-state index in [0.29, 0.717) is 12.0 Å². The summed E-state index contributed by atoms with van der Waals surface area (Å²) in [4.78, 5) is 15.4. The van der Waals surface area contributed by atoms with Gasteiger partial charge in [-0.15, -0.1) is 0 Å². The van der Waals surface area contributed by atoms with Gasteiger partial charge in [-0.25, -0.2) is 0 Å². The van der Waals surface area contributed by atoms with Crippen molar-refractivity contribution in [1.82, 2.24) is 9.80 Å². The van der Waals surface area contributed by atoms with Crippen molar-refractivity contribution in [3.63, 3.8) is 0 Å². The molecule has 2 unspecified atom stereocenters. The van der Waals surface area contributed by atoms with Gasteiger partial charge in [-0.05, 0) is 19.9 Å². The average Bonchev–Trinajstić information content (AvgIpc) is 2.11. The minimum absolute atomic E-state index is 0.153. The van der Waals surface area contributed by atoms with Crippen LogP contribution in [-0.2, 0) is 4.79 Å². The van der Waals surface area contributed by atoms with Crippen molar-refractivity contribution in [1.29, 1.82) is 0 Å². The highest BCUT2D eigenvalue weighted by atomic mass is 16.4. The zero-order valence-corrected chi connectivity index (χ0v) is 10.8. The van der Waals surface area contributed by atoms with E-state index in [2.05, 4.69) is 30.6 Å². The van der Waals surface area contributed by atoms with Crippen molar-refractivity contribution in [2.24, 2.45) is 5.92 Å². The van der Waals surface area contributed by atoms with Crippen LogP contribution in [0.2, 0.25) is 0 Å². The molecule has 0 saturated carbocycles.